The minimum Gasteiger partial charge on any atom is -0.444 e. The third-order valence-corrected chi connectivity index (χ3v) is 6.75. The van der Waals surface area contributed by atoms with E-state index in [4.69, 9.17) is 15.2 Å². The van der Waals surface area contributed by atoms with E-state index in [1.807, 2.05) is 48.5 Å². The van der Waals surface area contributed by atoms with Crippen molar-refractivity contribution < 1.29 is 23.9 Å². The first kappa shape index (κ1) is 23.0. The number of thiazole rings is 1. The first-order chi connectivity index (χ1) is 17.0. The Hall–Kier alpha value is -3.76. The Bertz CT molecular complexity index is 1260. The van der Waals surface area contributed by atoms with Gasteiger partial charge in [-0.1, -0.05) is 42.5 Å². The smallest absolute Gasteiger partial charge is 0.412 e. The van der Waals surface area contributed by atoms with Gasteiger partial charge in [-0.2, -0.15) is 0 Å². The summed E-state index contributed by atoms with van der Waals surface area (Å²) >= 11 is 1.22. The Kier molecular flexibility index (Phi) is 6.47. The SMILES string of the molecule is NC(=O)c1cc(C2CC2)ccc1-c1csc(NC(=O)C2COCN2C(=O)OCc2ccccc2)n1. The van der Waals surface area contributed by atoms with E-state index in [-0.39, 0.29) is 19.9 Å². The third kappa shape index (κ3) is 5.18. The van der Waals surface area contributed by atoms with E-state index in [2.05, 4.69) is 10.3 Å². The molecule has 2 aromatic carbocycles. The standard InChI is InChI=1S/C25H24N4O5S/c26-22(30)19-10-17(16-6-7-16)8-9-18(19)20-13-35-24(27-20)28-23(31)21-12-33-14-29(21)25(32)34-11-15-4-2-1-3-5-15/h1-5,8-10,13,16,21H,6-7,11-12,14H2,(H2,26,30)(H,27,28,31). The Balaban J connectivity index is 1.25. The first-order valence-corrected chi connectivity index (χ1v) is 12.1. The molecule has 1 atom stereocenters. The van der Waals surface area contributed by atoms with Crippen molar-refractivity contribution in [3.8, 4) is 11.3 Å². The lowest BCUT2D eigenvalue weighted by Crippen LogP contribution is -2.44. The van der Waals surface area contributed by atoms with Gasteiger partial charge in [0.05, 0.1) is 12.3 Å². The number of hydrogen-bond donors (Lipinski definition) is 2. The van der Waals surface area contributed by atoms with Crippen molar-refractivity contribution in [3.05, 3.63) is 70.6 Å². The summed E-state index contributed by atoms with van der Waals surface area (Å²) in [5, 5.41) is 4.84. The number of nitrogens with one attached hydrogen (secondary N) is 1. The van der Waals surface area contributed by atoms with Crippen LogP contribution >= 0.6 is 11.3 Å². The summed E-state index contributed by atoms with van der Waals surface area (Å²) in [5.41, 5.74) is 9.14. The highest BCUT2D eigenvalue weighted by molar-refractivity contribution is 7.14. The number of carbonyl (C=O) groups excluding carboxylic acids is 3. The molecule has 1 saturated heterocycles. The van der Waals surface area contributed by atoms with Gasteiger partial charge in [-0.05, 0) is 36.0 Å². The van der Waals surface area contributed by atoms with Crippen molar-refractivity contribution >= 4 is 34.4 Å². The number of nitrogens with zero attached hydrogens (tertiary/aromatic N) is 2. The van der Waals surface area contributed by atoms with Crippen molar-refractivity contribution in [2.24, 2.45) is 5.73 Å². The molecule has 35 heavy (non-hydrogen) atoms. The highest BCUT2D eigenvalue weighted by Gasteiger charge is 2.36. The minimum atomic E-state index is -0.843. The molecule has 2 heterocycles. The van der Waals surface area contributed by atoms with Crippen LogP contribution in [0.1, 0.15) is 40.2 Å². The number of carbonyl (C=O) groups is 3. The molecule has 180 valence electrons. The van der Waals surface area contributed by atoms with Gasteiger partial charge in [-0.15, -0.1) is 11.3 Å². The first-order valence-electron chi connectivity index (χ1n) is 11.2. The average molecular weight is 493 g/mol. The lowest BCUT2D eigenvalue weighted by Gasteiger charge is -2.20. The number of nitrogens with two attached hydrogens (primary N) is 1. The summed E-state index contributed by atoms with van der Waals surface area (Å²) in [6, 6.07) is 14.1. The van der Waals surface area contributed by atoms with Crippen LogP contribution in [0.3, 0.4) is 0 Å². The number of benzene rings is 2. The fraction of sp³-hybridized carbons (Fsp3) is 0.280. The van der Waals surface area contributed by atoms with E-state index in [1.165, 1.54) is 16.2 Å². The molecule has 3 aromatic rings. The van der Waals surface area contributed by atoms with Crippen molar-refractivity contribution in [2.75, 3.05) is 18.7 Å². The topological polar surface area (TPSA) is 124 Å². The van der Waals surface area contributed by atoms with E-state index < -0.39 is 23.9 Å². The zero-order valence-electron chi connectivity index (χ0n) is 18.8. The second-order valence-electron chi connectivity index (χ2n) is 8.50. The van der Waals surface area contributed by atoms with Crippen LogP contribution in [-0.2, 0) is 20.9 Å². The molecule has 2 aliphatic rings. The van der Waals surface area contributed by atoms with Crippen LogP contribution in [0, 0.1) is 0 Å². The Morgan fingerprint density at radius 3 is 2.71 bits per heavy atom. The van der Waals surface area contributed by atoms with Gasteiger partial charge < -0.3 is 20.5 Å². The summed E-state index contributed by atoms with van der Waals surface area (Å²) in [4.78, 5) is 43.2. The van der Waals surface area contributed by atoms with Crippen molar-refractivity contribution in [2.45, 2.75) is 31.4 Å². The van der Waals surface area contributed by atoms with Crippen molar-refractivity contribution in [3.63, 3.8) is 0 Å². The summed E-state index contributed by atoms with van der Waals surface area (Å²) < 4.78 is 10.7. The Morgan fingerprint density at radius 1 is 1.17 bits per heavy atom. The summed E-state index contributed by atoms with van der Waals surface area (Å²) in [7, 11) is 0. The molecule has 0 bridgehead atoms. The fourth-order valence-electron chi connectivity index (χ4n) is 3.95. The quantitative estimate of drug-likeness (QED) is 0.518. The number of anilines is 1. The molecule has 5 rings (SSSR count). The van der Waals surface area contributed by atoms with Crippen LogP contribution in [0.5, 0.6) is 0 Å². The Morgan fingerprint density at radius 2 is 1.97 bits per heavy atom. The zero-order chi connectivity index (χ0) is 24.4. The van der Waals surface area contributed by atoms with Crippen LogP contribution in [0.15, 0.2) is 53.9 Å². The number of aromatic nitrogens is 1. The zero-order valence-corrected chi connectivity index (χ0v) is 19.6. The van der Waals surface area contributed by atoms with Gasteiger partial charge in [0.25, 0.3) is 5.91 Å². The molecule has 0 radical (unpaired) electrons. The normalized spacial score (nSPS) is 17.3. The van der Waals surface area contributed by atoms with Crippen LogP contribution in [0.4, 0.5) is 9.93 Å². The molecule has 2 fully saturated rings. The predicted octanol–water partition coefficient (Wildman–Crippen LogP) is 3.72. The van der Waals surface area contributed by atoms with Gasteiger partial charge in [0, 0.05) is 16.5 Å². The molecule has 3 N–H and O–H groups in total. The monoisotopic (exact) mass is 492 g/mol. The van der Waals surface area contributed by atoms with Gasteiger partial charge in [-0.3, -0.25) is 14.5 Å². The van der Waals surface area contributed by atoms with Crippen LogP contribution in [0.25, 0.3) is 11.3 Å². The second-order valence-corrected chi connectivity index (χ2v) is 9.35. The maximum atomic E-state index is 12.9. The maximum absolute atomic E-state index is 12.9. The van der Waals surface area contributed by atoms with E-state index in [9.17, 15) is 14.4 Å². The maximum Gasteiger partial charge on any atom is 0.412 e. The average Bonchev–Trinajstić information content (AvgIpc) is 3.41. The largest absolute Gasteiger partial charge is 0.444 e. The molecule has 0 spiro atoms. The molecular weight excluding hydrogens is 468 g/mol. The predicted molar refractivity (Wildman–Crippen MR) is 130 cm³/mol. The van der Waals surface area contributed by atoms with Gasteiger partial charge in [0.15, 0.2) is 5.13 Å². The van der Waals surface area contributed by atoms with Gasteiger partial charge in [0.2, 0.25) is 5.91 Å². The minimum absolute atomic E-state index is 0.0376. The number of amides is 3. The lowest BCUT2D eigenvalue weighted by molar-refractivity contribution is -0.119. The molecule has 1 unspecified atom stereocenters. The molecule has 1 aliphatic carbocycles. The summed E-state index contributed by atoms with van der Waals surface area (Å²) in [6.45, 7) is 0.116. The molecule has 1 aliphatic heterocycles. The Labute approximate surface area is 205 Å². The molecular formula is C25H24N4O5S. The number of primary amides is 1. The van der Waals surface area contributed by atoms with Gasteiger partial charge in [0.1, 0.15) is 19.4 Å². The lowest BCUT2D eigenvalue weighted by atomic mass is 9.99. The molecule has 9 nitrogen and oxygen atoms in total. The van der Waals surface area contributed by atoms with Crippen LogP contribution in [-0.4, -0.2) is 47.2 Å². The van der Waals surface area contributed by atoms with Crippen LogP contribution in [0.2, 0.25) is 0 Å². The third-order valence-electron chi connectivity index (χ3n) is 5.99. The van der Waals surface area contributed by atoms with E-state index >= 15 is 0 Å². The molecule has 10 heteroatoms. The second kappa shape index (κ2) is 9.85. The van der Waals surface area contributed by atoms with Gasteiger partial charge in [-0.25, -0.2) is 9.78 Å². The van der Waals surface area contributed by atoms with E-state index in [0.29, 0.717) is 27.9 Å². The highest BCUT2D eigenvalue weighted by atomic mass is 32.1. The van der Waals surface area contributed by atoms with Crippen LogP contribution < -0.4 is 11.1 Å². The van der Waals surface area contributed by atoms with E-state index in [1.54, 1.807) is 5.38 Å². The highest BCUT2D eigenvalue weighted by Crippen LogP contribution is 2.41. The summed E-state index contributed by atoms with van der Waals surface area (Å²) in [6.07, 6.45) is 1.60. The summed E-state index contributed by atoms with van der Waals surface area (Å²) in [5.74, 6) is -0.462. The van der Waals surface area contributed by atoms with Gasteiger partial charge >= 0.3 is 6.09 Å². The van der Waals surface area contributed by atoms with Crippen molar-refractivity contribution in [1.29, 1.82) is 0 Å². The molecule has 3 amide bonds. The molecule has 1 saturated carbocycles. The van der Waals surface area contributed by atoms with Crippen molar-refractivity contribution in [1.82, 2.24) is 9.88 Å². The number of hydrogen-bond acceptors (Lipinski definition) is 7. The molecule has 1 aromatic heterocycles. The number of rotatable bonds is 7. The number of ether oxygens (including phenoxy) is 2. The fourth-order valence-corrected chi connectivity index (χ4v) is 4.66. The van der Waals surface area contributed by atoms with E-state index in [0.717, 1.165) is 24.0 Å².